The minimum atomic E-state index is -0.221. The Hall–Kier alpha value is -1.41. The molecule has 182 valence electrons. The largest absolute Gasteiger partial charge is 0.479 e. The summed E-state index contributed by atoms with van der Waals surface area (Å²) < 4.78 is 5.50. The van der Waals surface area contributed by atoms with Crippen LogP contribution < -0.4 is 15.4 Å². The van der Waals surface area contributed by atoms with E-state index in [2.05, 4.69) is 34.4 Å². The first-order valence-electron chi connectivity index (χ1n) is 12.0. The van der Waals surface area contributed by atoms with Crippen LogP contribution in [0, 0.1) is 5.92 Å². The molecule has 0 aliphatic heterocycles. The average Bonchev–Trinajstić information content (AvgIpc) is 2.77. The summed E-state index contributed by atoms with van der Waals surface area (Å²) in [6.07, 6.45) is 16.8. The molecule has 0 aliphatic rings. The predicted molar refractivity (Wildman–Crippen MR) is 141 cm³/mol. The summed E-state index contributed by atoms with van der Waals surface area (Å²) in [5, 5.41) is 6.74. The van der Waals surface area contributed by atoms with Crippen LogP contribution in [0.25, 0.3) is 0 Å². The maximum absolute atomic E-state index is 11.4. The minimum Gasteiger partial charge on any atom is -0.479 e. The zero-order valence-electron chi connectivity index (χ0n) is 20.6. The molecule has 8 heteroatoms. The van der Waals surface area contributed by atoms with Gasteiger partial charge < -0.3 is 10.1 Å². The van der Waals surface area contributed by atoms with Crippen molar-refractivity contribution in [3.8, 4) is 5.88 Å². The van der Waals surface area contributed by atoms with Crippen LogP contribution in [0.2, 0.25) is 0 Å². The average molecular weight is 483 g/mol. The van der Waals surface area contributed by atoms with E-state index in [-0.39, 0.29) is 11.9 Å². The smallest absolute Gasteiger partial charge is 0.243 e. The number of ether oxygens (including phenoxy) is 1. The number of anilines is 2. The van der Waals surface area contributed by atoms with Crippen molar-refractivity contribution in [1.29, 1.82) is 0 Å². The van der Waals surface area contributed by atoms with Crippen LogP contribution in [0.5, 0.6) is 5.88 Å². The number of thioether (sulfide) groups is 1. The molecule has 1 amide bonds. The lowest BCUT2D eigenvalue weighted by molar-refractivity contribution is -0.114. The van der Waals surface area contributed by atoms with Crippen LogP contribution in [0.1, 0.15) is 97.8 Å². The van der Waals surface area contributed by atoms with Crippen molar-refractivity contribution >= 4 is 46.5 Å². The lowest BCUT2D eigenvalue weighted by Gasteiger charge is -2.21. The number of methoxy groups -OCH3 is 1. The maximum atomic E-state index is 11.4. The molecular weight excluding hydrogens is 440 g/mol. The van der Waals surface area contributed by atoms with Crippen molar-refractivity contribution in [3.05, 3.63) is 0 Å². The second kappa shape index (κ2) is 17.1. The van der Waals surface area contributed by atoms with E-state index in [1.54, 1.807) is 7.11 Å². The molecule has 2 N–H and O–H groups in total. The Bertz CT molecular complexity index is 676. The van der Waals surface area contributed by atoms with Crippen molar-refractivity contribution < 1.29 is 9.53 Å². The number of unbranched alkanes of at least 4 members (excludes halogenated alkanes) is 8. The maximum Gasteiger partial charge on any atom is 0.243 e. The molecule has 0 bridgehead atoms. The molecule has 0 aliphatic carbocycles. The van der Waals surface area contributed by atoms with Crippen molar-refractivity contribution in [2.45, 2.75) is 103 Å². The molecule has 0 radical (unpaired) electrons. The minimum absolute atomic E-state index is 0.221. The third-order valence-electron chi connectivity index (χ3n) is 5.45. The zero-order valence-corrected chi connectivity index (χ0v) is 22.2. The van der Waals surface area contributed by atoms with Crippen LogP contribution in [0.3, 0.4) is 0 Å². The van der Waals surface area contributed by atoms with Crippen LogP contribution in [-0.4, -0.2) is 34.2 Å². The fourth-order valence-corrected chi connectivity index (χ4v) is 4.51. The summed E-state index contributed by atoms with van der Waals surface area (Å²) in [6, 6.07) is 0. The number of carbonyl (C=O) groups is 1. The molecular formula is C24H42N4O2S2. The Morgan fingerprint density at radius 3 is 2.06 bits per heavy atom. The Morgan fingerprint density at radius 2 is 1.53 bits per heavy atom. The molecule has 0 fully saturated rings. The summed E-state index contributed by atoms with van der Waals surface area (Å²) in [5.41, 5.74) is 0.681. The Labute approximate surface area is 204 Å². The monoisotopic (exact) mass is 482 g/mol. The molecule has 1 atom stereocenters. The van der Waals surface area contributed by atoms with E-state index in [4.69, 9.17) is 17.0 Å². The van der Waals surface area contributed by atoms with Gasteiger partial charge in [-0.3, -0.25) is 10.1 Å². The molecule has 1 unspecified atom stereocenters. The van der Waals surface area contributed by atoms with E-state index in [1.165, 1.54) is 82.9 Å². The van der Waals surface area contributed by atoms with Crippen LogP contribution in [0.4, 0.5) is 11.6 Å². The third kappa shape index (κ3) is 10.9. The summed E-state index contributed by atoms with van der Waals surface area (Å²) >= 11 is 7.34. The van der Waals surface area contributed by atoms with Gasteiger partial charge in [-0.25, -0.2) is 4.98 Å². The second-order valence-electron chi connectivity index (χ2n) is 8.21. The normalized spacial score (nSPS) is 11.8. The van der Waals surface area contributed by atoms with E-state index in [0.29, 0.717) is 22.5 Å². The SMILES string of the molecule is CCCCCCCCC(CCCCCC)C(=S)Nc1c(OC)nc(NC(C)=O)nc1SC. The van der Waals surface area contributed by atoms with Gasteiger partial charge in [-0.15, -0.1) is 11.8 Å². The van der Waals surface area contributed by atoms with Crippen molar-refractivity contribution in [2.75, 3.05) is 24.0 Å². The van der Waals surface area contributed by atoms with Gasteiger partial charge >= 0.3 is 0 Å². The van der Waals surface area contributed by atoms with E-state index >= 15 is 0 Å². The van der Waals surface area contributed by atoms with Gasteiger partial charge in [0.05, 0.1) is 12.1 Å². The van der Waals surface area contributed by atoms with Gasteiger partial charge in [-0.2, -0.15) is 4.98 Å². The number of nitrogens with zero attached hydrogens (tertiary/aromatic N) is 2. The van der Waals surface area contributed by atoms with E-state index in [1.807, 2.05) is 6.26 Å². The van der Waals surface area contributed by atoms with Crippen LogP contribution >= 0.6 is 24.0 Å². The van der Waals surface area contributed by atoms with Gasteiger partial charge in [0.1, 0.15) is 10.7 Å². The van der Waals surface area contributed by atoms with Crippen LogP contribution in [0.15, 0.2) is 5.03 Å². The Balaban J connectivity index is 2.89. The molecule has 32 heavy (non-hydrogen) atoms. The highest BCUT2D eigenvalue weighted by atomic mass is 32.2. The summed E-state index contributed by atoms with van der Waals surface area (Å²) in [4.78, 5) is 21.1. The van der Waals surface area contributed by atoms with Crippen LogP contribution in [-0.2, 0) is 4.79 Å². The standard InChI is InChI=1S/C24H42N4O2S2/c1-6-8-10-12-13-15-17-19(16-14-11-9-7-2)22(31)26-20-21(30-4)27-24(25-18(3)29)28-23(20)32-5/h19H,6-17H2,1-5H3,(H,26,31)(H,25,27,28,29). The van der Waals surface area contributed by atoms with Gasteiger partial charge in [-0.1, -0.05) is 90.3 Å². The predicted octanol–water partition coefficient (Wildman–Crippen LogP) is 7.24. The molecule has 1 heterocycles. The zero-order chi connectivity index (χ0) is 23.8. The van der Waals surface area contributed by atoms with Crippen molar-refractivity contribution in [3.63, 3.8) is 0 Å². The molecule has 0 saturated heterocycles. The van der Waals surface area contributed by atoms with Gasteiger partial charge in [0.15, 0.2) is 0 Å². The lowest BCUT2D eigenvalue weighted by Crippen LogP contribution is -2.22. The fraction of sp³-hybridized carbons (Fsp3) is 0.750. The highest BCUT2D eigenvalue weighted by Crippen LogP contribution is 2.34. The number of hydrogen-bond donors (Lipinski definition) is 2. The first kappa shape index (κ1) is 28.6. The number of aromatic nitrogens is 2. The Morgan fingerprint density at radius 1 is 0.969 bits per heavy atom. The van der Waals surface area contributed by atoms with Crippen molar-refractivity contribution in [1.82, 2.24) is 9.97 Å². The van der Waals surface area contributed by atoms with Crippen molar-refractivity contribution in [2.24, 2.45) is 5.92 Å². The van der Waals surface area contributed by atoms with Gasteiger partial charge in [-0.05, 0) is 19.1 Å². The molecule has 0 aromatic carbocycles. The third-order valence-corrected chi connectivity index (χ3v) is 6.57. The first-order valence-corrected chi connectivity index (χ1v) is 13.7. The first-order chi connectivity index (χ1) is 15.5. The summed E-state index contributed by atoms with van der Waals surface area (Å²) in [7, 11) is 1.57. The summed E-state index contributed by atoms with van der Waals surface area (Å²) in [6.45, 7) is 5.92. The van der Waals surface area contributed by atoms with Gasteiger partial charge in [0, 0.05) is 12.8 Å². The number of carbonyl (C=O) groups excluding carboxylic acids is 1. The molecule has 0 spiro atoms. The van der Waals surface area contributed by atoms with E-state index < -0.39 is 0 Å². The second-order valence-corrected chi connectivity index (χ2v) is 9.45. The molecule has 1 aromatic heterocycles. The number of amides is 1. The number of rotatable bonds is 17. The van der Waals surface area contributed by atoms with E-state index in [0.717, 1.165) is 17.8 Å². The highest BCUT2D eigenvalue weighted by molar-refractivity contribution is 7.98. The lowest BCUT2D eigenvalue weighted by atomic mass is 9.94. The number of nitrogens with one attached hydrogen (secondary N) is 2. The van der Waals surface area contributed by atoms with Gasteiger partial charge in [0.25, 0.3) is 0 Å². The number of hydrogen-bond acceptors (Lipinski definition) is 6. The summed E-state index contributed by atoms with van der Waals surface area (Å²) in [5.74, 6) is 0.738. The quantitative estimate of drug-likeness (QED) is 0.105. The highest BCUT2D eigenvalue weighted by Gasteiger charge is 2.21. The molecule has 0 saturated carbocycles. The van der Waals surface area contributed by atoms with E-state index in [9.17, 15) is 4.79 Å². The Kier molecular flexibility index (Phi) is 15.3. The fourth-order valence-electron chi connectivity index (χ4n) is 3.66. The molecule has 1 rings (SSSR count). The topological polar surface area (TPSA) is 76.1 Å². The number of thiocarbonyl (C=S) groups is 1. The molecule has 1 aromatic rings. The van der Waals surface area contributed by atoms with Gasteiger partial charge in [0.2, 0.25) is 17.7 Å². The molecule has 6 nitrogen and oxygen atoms in total.